The van der Waals surface area contributed by atoms with Gasteiger partial charge in [0, 0.05) is 16.1 Å². The molecule has 0 bridgehead atoms. The second kappa shape index (κ2) is 9.64. The SMILES string of the molecule is O=C(O)C(O)C(Nc1cccc(/C=C/c2ccc3ccc(Cl)cc3n2)c1)c1ccccc1. The van der Waals surface area contributed by atoms with Crippen molar-refractivity contribution in [3.8, 4) is 0 Å². The molecule has 0 aliphatic rings. The van der Waals surface area contributed by atoms with Crippen molar-refractivity contribution in [2.24, 2.45) is 0 Å². The Morgan fingerprint density at radius 1 is 0.938 bits per heavy atom. The molecule has 160 valence electrons. The number of rotatable bonds is 7. The summed E-state index contributed by atoms with van der Waals surface area (Å²) in [5, 5.41) is 24.4. The zero-order valence-corrected chi connectivity index (χ0v) is 17.8. The highest BCUT2D eigenvalue weighted by Crippen LogP contribution is 2.25. The summed E-state index contributed by atoms with van der Waals surface area (Å²) in [6, 6.07) is 25.3. The van der Waals surface area contributed by atoms with Gasteiger partial charge in [0.05, 0.1) is 17.3 Å². The fourth-order valence-electron chi connectivity index (χ4n) is 3.44. The lowest BCUT2D eigenvalue weighted by molar-refractivity contribution is -0.147. The van der Waals surface area contributed by atoms with Gasteiger partial charge >= 0.3 is 5.97 Å². The van der Waals surface area contributed by atoms with Crippen LogP contribution in [0.25, 0.3) is 23.1 Å². The van der Waals surface area contributed by atoms with Crippen molar-refractivity contribution in [3.05, 3.63) is 107 Å². The number of aliphatic hydroxyl groups is 1. The molecule has 2 unspecified atom stereocenters. The van der Waals surface area contributed by atoms with Crippen molar-refractivity contribution in [2.45, 2.75) is 12.1 Å². The number of carbonyl (C=O) groups is 1. The first kappa shape index (κ1) is 21.6. The average Bonchev–Trinajstić information content (AvgIpc) is 2.81. The monoisotopic (exact) mass is 444 g/mol. The van der Waals surface area contributed by atoms with E-state index in [9.17, 15) is 15.0 Å². The van der Waals surface area contributed by atoms with Crippen molar-refractivity contribution >= 4 is 46.3 Å². The number of fused-ring (bicyclic) bond motifs is 1. The fraction of sp³-hybridized carbons (Fsp3) is 0.0769. The van der Waals surface area contributed by atoms with Crippen LogP contribution in [0, 0.1) is 0 Å². The molecule has 0 aliphatic carbocycles. The fourth-order valence-corrected chi connectivity index (χ4v) is 3.61. The molecule has 6 heteroatoms. The third-order valence-electron chi connectivity index (χ3n) is 5.06. The van der Waals surface area contributed by atoms with Crippen LogP contribution in [0.5, 0.6) is 0 Å². The maximum atomic E-state index is 11.4. The Labute approximate surface area is 190 Å². The van der Waals surface area contributed by atoms with E-state index in [0.717, 1.165) is 22.2 Å². The third-order valence-corrected chi connectivity index (χ3v) is 5.29. The van der Waals surface area contributed by atoms with Gasteiger partial charge in [-0.25, -0.2) is 9.78 Å². The maximum absolute atomic E-state index is 11.4. The van der Waals surface area contributed by atoms with Crippen molar-refractivity contribution in [1.29, 1.82) is 0 Å². The molecule has 1 heterocycles. The molecule has 32 heavy (non-hydrogen) atoms. The largest absolute Gasteiger partial charge is 0.479 e. The summed E-state index contributed by atoms with van der Waals surface area (Å²) in [6.07, 6.45) is 2.24. The molecule has 4 aromatic rings. The summed E-state index contributed by atoms with van der Waals surface area (Å²) in [5.74, 6) is -1.29. The number of nitrogens with zero attached hydrogens (tertiary/aromatic N) is 1. The van der Waals surface area contributed by atoms with Crippen molar-refractivity contribution in [3.63, 3.8) is 0 Å². The van der Waals surface area contributed by atoms with Gasteiger partial charge in [-0.2, -0.15) is 0 Å². The Hall–Kier alpha value is -3.67. The topological polar surface area (TPSA) is 82.5 Å². The third kappa shape index (κ3) is 5.14. The van der Waals surface area contributed by atoms with E-state index in [1.54, 1.807) is 12.1 Å². The standard InChI is InChI=1S/C26H21ClN2O3/c27-20-12-10-18-11-14-21(28-23(18)16-20)13-9-17-5-4-8-22(15-17)29-24(25(30)26(31)32)19-6-2-1-3-7-19/h1-16,24-25,29-30H,(H,31,32)/b13-9+. The molecule has 0 saturated carbocycles. The molecule has 0 amide bonds. The zero-order chi connectivity index (χ0) is 22.5. The molecule has 0 fully saturated rings. The van der Waals surface area contributed by atoms with Gasteiger partial charge in [-0.1, -0.05) is 72.3 Å². The summed E-state index contributed by atoms with van der Waals surface area (Å²) >= 11 is 6.07. The van der Waals surface area contributed by atoms with E-state index < -0.39 is 18.1 Å². The highest BCUT2D eigenvalue weighted by molar-refractivity contribution is 6.31. The summed E-state index contributed by atoms with van der Waals surface area (Å²) in [7, 11) is 0. The number of hydrogen-bond donors (Lipinski definition) is 3. The van der Waals surface area contributed by atoms with Crippen LogP contribution in [0.15, 0.2) is 84.9 Å². The lowest BCUT2D eigenvalue weighted by Crippen LogP contribution is -2.32. The van der Waals surface area contributed by atoms with E-state index in [-0.39, 0.29) is 0 Å². The van der Waals surface area contributed by atoms with E-state index >= 15 is 0 Å². The van der Waals surface area contributed by atoms with E-state index in [1.165, 1.54) is 0 Å². The van der Waals surface area contributed by atoms with Crippen LogP contribution in [-0.4, -0.2) is 27.3 Å². The lowest BCUT2D eigenvalue weighted by atomic mass is 10.0. The van der Waals surface area contributed by atoms with Gasteiger partial charge in [0.2, 0.25) is 0 Å². The molecule has 3 N–H and O–H groups in total. The average molecular weight is 445 g/mol. The van der Waals surface area contributed by atoms with Crippen molar-refractivity contribution in [1.82, 2.24) is 4.98 Å². The van der Waals surface area contributed by atoms with Crippen LogP contribution in [0.3, 0.4) is 0 Å². The minimum absolute atomic E-state index is 0.640. The Balaban J connectivity index is 1.57. The normalized spacial score (nSPS) is 13.2. The number of pyridine rings is 1. The van der Waals surface area contributed by atoms with Gasteiger partial charge in [-0.3, -0.25) is 0 Å². The van der Waals surface area contributed by atoms with Crippen LogP contribution in [0.2, 0.25) is 5.02 Å². The first-order valence-electron chi connectivity index (χ1n) is 10.1. The number of aliphatic hydroxyl groups excluding tert-OH is 1. The van der Waals surface area contributed by atoms with E-state index in [4.69, 9.17) is 11.6 Å². The number of nitrogens with one attached hydrogen (secondary N) is 1. The second-order valence-electron chi connectivity index (χ2n) is 7.35. The molecule has 2 atom stereocenters. The molecule has 0 spiro atoms. The van der Waals surface area contributed by atoms with E-state index in [1.807, 2.05) is 84.9 Å². The summed E-state index contributed by atoms with van der Waals surface area (Å²) in [6.45, 7) is 0. The number of hydrogen-bond acceptors (Lipinski definition) is 4. The molecular formula is C26H21ClN2O3. The smallest absolute Gasteiger partial charge is 0.335 e. The van der Waals surface area contributed by atoms with Crippen molar-refractivity contribution in [2.75, 3.05) is 5.32 Å². The highest BCUT2D eigenvalue weighted by atomic mass is 35.5. The Kier molecular flexibility index (Phi) is 6.50. The molecule has 0 aliphatic heterocycles. The van der Waals surface area contributed by atoms with Crippen LogP contribution < -0.4 is 5.32 Å². The number of carboxylic acids is 1. The number of anilines is 1. The van der Waals surface area contributed by atoms with Gasteiger partial charge in [0.25, 0.3) is 0 Å². The zero-order valence-electron chi connectivity index (χ0n) is 17.0. The molecule has 4 rings (SSSR count). The number of aliphatic carboxylic acids is 1. The summed E-state index contributed by atoms with van der Waals surface area (Å²) in [5.41, 5.74) is 3.89. The molecule has 3 aromatic carbocycles. The van der Waals surface area contributed by atoms with Crippen LogP contribution >= 0.6 is 11.6 Å². The second-order valence-corrected chi connectivity index (χ2v) is 7.78. The number of halogens is 1. The summed E-state index contributed by atoms with van der Waals surface area (Å²) in [4.78, 5) is 16.0. The predicted octanol–water partition coefficient (Wildman–Crippen LogP) is 5.66. The van der Waals surface area contributed by atoms with E-state index in [0.29, 0.717) is 16.3 Å². The molecular weight excluding hydrogens is 424 g/mol. The first-order valence-corrected chi connectivity index (χ1v) is 10.4. The van der Waals surface area contributed by atoms with Crippen LogP contribution in [-0.2, 0) is 4.79 Å². The molecule has 0 saturated heterocycles. The van der Waals surface area contributed by atoms with E-state index in [2.05, 4.69) is 10.3 Å². The van der Waals surface area contributed by atoms with Crippen LogP contribution in [0.1, 0.15) is 22.9 Å². The van der Waals surface area contributed by atoms with Crippen LogP contribution in [0.4, 0.5) is 5.69 Å². The maximum Gasteiger partial charge on any atom is 0.335 e. The number of carboxylic acid groups (broad SMARTS) is 1. The highest BCUT2D eigenvalue weighted by Gasteiger charge is 2.27. The molecule has 1 aromatic heterocycles. The minimum atomic E-state index is -1.59. The van der Waals surface area contributed by atoms with Gasteiger partial charge < -0.3 is 15.5 Å². The Morgan fingerprint density at radius 2 is 1.72 bits per heavy atom. The molecule has 5 nitrogen and oxygen atoms in total. The van der Waals surface area contributed by atoms with Crippen molar-refractivity contribution < 1.29 is 15.0 Å². The number of benzene rings is 3. The molecule has 0 radical (unpaired) electrons. The lowest BCUT2D eigenvalue weighted by Gasteiger charge is -2.23. The number of aromatic nitrogens is 1. The van der Waals surface area contributed by atoms with Gasteiger partial charge in [0.15, 0.2) is 6.10 Å². The predicted molar refractivity (Wildman–Crippen MR) is 129 cm³/mol. The van der Waals surface area contributed by atoms with Gasteiger partial charge in [-0.05, 0) is 47.5 Å². The Bertz CT molecular complexity index is 1270. The summed E-state index contributed by atoms with van der Waals surface area (Å²) < 4.78 is 0. The Morgan fingerprint density at radius 3 is 2.50 bits per heavy atom. The van der Waals surface area contributed by atoms with Gasteiger partial charge in [0.1, 0.15) is 0 Å². The first-order chi connectivity index (χ1) is 15.5. The minimum Gasteiger partial charge on any atom is -0.479 e. The van der Waals surface area contributed by atoms with Gasteiger partial charge in [-0.15, -0.1) is 0 Å². The quantitative estimate of drug-likeness (QED) is 0.342.